The first kappa shape index (κ1) is 97.1. The molecule has 588 valence electrons. The third-order valence-electron chi connectivity index (χ3n) is 18.7. The monoisotopic (exact) mass is 1450 g/mol. The molecular formula is C80H156O17P2. The number of carbonyl (C=O) groups excluding carboxylic acids is 4. The molecule has 0 rings (SSSR count). The molecule has 0 aliphatic carbocycles. The van der Waals surface area contributed by atoms with Crippen LogP contribution >= 0.6 is 15.6 Å². The number of aliphatic hydroxyl groups is 1. The average Bonchev–Trinajstić information content (AvgIpc) is 1.00. The van der Waals surface area contributed by atoms with Gasteiger partial charge in [0.15, 0.2) is 12.2 Å². The largest absolute Gasteiger partial charge is 0.472 e. The van der Waals surface area contributed by atoms with Gasteiger partial charge in [-0.05, 0) is 37.5 Å². The van der Waals surface area contributed by atoms with Gasteiger partial charge in [0.2, 0.25) is 0 Å². The van der Waals surface area contributed by atoms with E-state index in [0.717, 1.165) is 108 Å². The average molecular weight is 1450 g/mol. The van der Waals surface area contributed by atoms with E-state index in [-0.39, 0.29) is 25.7 Å². The van der Waals surface area contributed by atoms with Gasteiger partial charge in [0.25, 0.3) is 0 Å². The highest BCUT2D eigenvalue weighted by atomic mass is 31.2. The van der Waals surface area contributed by atoms with Crippen molar-refractivity contribution in [2.75, 3.05) is 39.6 Å². The van der Waals surface area contributed by atoms with Crippen LogP contribution in [0.1, 0.15) is 420 Å². The van der Waals surface area contributed by atoms with Gasteiger partial charge in [0.05, 0.1) is 26.4 Å². The molecule has 0 aromatic heterocycles. The van der Waals surface area contributed by atoms with Crippen molar-refractivity contribution in [2.24, 2.45) is 11.8 Å². The van der Waals surface area contributed by atoms with E-state index in [9.17, 15) is 43.2 Å². The lowest BCUT2D eigenvalue weighted by molar-refractivity contribution is -0.161. The normalized spacial score (nSPS) is 13.9. The van der Waals surface area contributed by atoms with Gasteiger partial charge in [-0.25, -0.2) is 9.13 Å². The van der Waals surface area contributed by atoms with Crippen molar-refractivity contribution in [3.8, 4) is 0 Å². The van der Waals surface area contributed by atoms with Gasteiger partial charge >= 0.3 is 39.5 Å². The summed E-state index contributed by atoms with van der Waals surface area (Å²) >= 11 is 0. The molecule has 0 bridgehead atoms. The summed E-state index contributed by atoms with van der Waals surface area (Å²) in [7, 11) is -9.91. The second kappa shape index (κ2) is 71.7. The molecule has 99 heavy (non-hydrogen) atoms. The highest BCUT2D eigenvalue weighted by Gasteiger charge is 2.30. The Morgan fingerprint density at radius 1 is 0.273 bits per heavy atom. The third kappa shape index (κ3) is 74.1. The summed E-state index contributed by atoms with van der Waals surface area (Å²) < 4.78 is 68.6. The summed E-state index contributed by atoms with van der Waals surface area (Å²) in [5.41, 5.74) is 0. The van der Waals surface area contributed by atoms with Crippen LogP contribution in [-0.2, 0) is 65.4 Å². The van der Waals surface area contributed by atoms with E-state index in [1.54, 1.807) is 0 Å². The summed E-state index contributed by atoms with van der Waals surface area (Å²) in [6, 6.07) is 0. The summed E-state index contributed by atoms with van der Waals surface area (Å²) in [6.45, 7) is 9.62. The maximum Gasteiger partial charge on any atom is 0.472 e. The molecule has 0 heterocycles. The topological polar surface area (TPSA) is 237 Å². The van der Waals surface area contributed by atoms with E-state index >= 15 is 0 Å². The molecule has 0 fully saturated rings. The molecule has 17 nitrogen and oxygen atoms in total. The minimum atomic E-state index is -4.96. The van der Waals surface area contributed by atoms with Crippen molar-refractivity contribution in [2.45, 2.75) is 439 Å². The van der Waals surface area contributed by atoms with Crippen molar-refractivity contribution < 1.29 is 80.2 Å². The first-order chi connectivity index (χ1) is 47.9. The van der Waals surface area contributed by atoms with Crippen LogP contribution in [-0.4, -0.2) is 96.7 Å². The van der Waals surface area contributed by atoms with Crippen LogP contribution in [0.25, 0.3) is 0 Å². The van der Waals surface area contributed by atoms with Gasteiger partial charge in [-0.1, -0.05) is 369 Å². The molecule has 0 radical (unpaired) electrons. The molecule has 5 atom stereocenters. The second-order valence-corrected chi connectivity index (χ2v) is 32.7. The van der Waals surface area contributed by atoms with Gasteiger partial charge in [0.1, 0.15) is 19.3 Å². The van der Waals surface area contributed by atoms with E-state index in [0.29, 0.717) is 25.7 Å². The van der Waals surface area contributed by atoms with Crippen LogP contribution in [0.15, 0.2) is 0 Å². The minimum absolute atomic E-state index is 0.106. The fourth-order valence-electron chi connectivity index (χ4n) is 12.4. The molecule has 3 N–H and O–H groups in total. The van der Waals surface area contributed by atoms with E-state index in [1.807, 2.05) is 0 Å². The Morgan fingerprint density at radius 2 is 0.465 bits per heavy atom. The number of ether oxygens (including phenoxy) is 4. The van der Waals surface area contributed by atoms with Crippen molar-refractivity contribution in [1.29, 1.82) is 0 Å². The van der Waals surface area contributed by atoms with Crippen LogP contribution < -0.4 is 0 Å². The summed E-state index contributed by atoms with van der Waals surface area (Å²) in [4.78, 5) is 72.9. The zero-order valence-corrected chi connectivity index (χ0v) is 66.6. The number of hydrogen-bond donors (Lipinski definition) is 3. The van der Waals surface area contributed by atoms with Crippen molar-refractivity contribution in [3.63, 3.8) is 0 Å². The molecule has 0 aliphatic rings. The van der Waals surface area contributed by atoms with E-state index in [2.05, 4.69) is 41.5 Å². The molecule has 0 spiro atoms. The predicted molar refractivity (Wildman–Crippen MR) is 405 cm³/mol. The Hall–Kier alpha value is -1.94. The van der Waals surface area contributed by atoms with E-state index in [4.69, 9.17) is 37.0 Å². The second-order valence-electron chi connectivity index (χ2n) is 29.8. The highest BCUT2D eigenvalue weighted by Crippen LogP contribution is 2.45. The Labute approximate surface area is 607 Å². The predicted octanol–water partition coefficient (Wildman–Crippen LogP) is 23.9. The molecule has 0 saturated carbocycles. The molecule has 0 aromatic carbocycles. The molecule has 2 unspecified atom stereocenters. The first-order valence-corrected chi connectivity index (χ1v) is 44.5. The quantitative estimate of drug-likeness (QED) is 0.0222. The zero-order valence-electron chi connectivity index (χ0n) is 64.8. The van der Waals surface area contributed by atoms with Crippen LogP contribution in [0.5, 0.6) is 0 Å². The molecule has 0 amide bonds. The van der Waals surface area contributed by atoms with Gasteiger partial charge < -0.3 is 33.8 Å². The molecule has 0 aliphatic heterocycles. The molecule has 19 heteroatoms. The third-order valence-corrected chi connectivity index (χ3v) is 20.6. The summed E-state index contributed by atoms with van der Waals surface area (Å²) in [5.74, 6) is -0.540. The number of rotatable bonds is 79. The van der Waals surface area contributed by atoms with E-state index < -0.39 is 97.5 Å². The van der Waals surface area contributed by atoms with Gasteiger partial charge in [-0.15, -0.1) is 0 Å². The van der Waals surface area contributed by atoms with Crippen LogP contribution in [0.4, 0.5) is 0 Å². The first-order valence-electron chi connectivity index (χ1n) is 41.5. The van der Waals surface area contributed by atoms with Crippen molar-refractivity contribution >= 4 is 39.5 Å². The molecular weight excluding hydrogens is 1290 g/mol. The number of phosphoric acid groups is 2. The number of hydrogen-bond acceptors (Lipinski definition) is 15. The standard InChI is InChI=1S/C80H156O17P2/c1-7-9-11-13-15-17-18-19-20-23-27-30-33-39-45-51-57-63-78(83)91-69-76(97-79(84)64-58-52-46-40-34-31-28-25-22-21-24-26-29-32-37-42-48-54-60-72(3)4)71-95-99(88,89)93-67-74(81)66-92-98(86,87)94-70-75(68-90-77(82)62-56-50-44-16-14-12-10-8-2)96-80(85)65-59-53-47-41-36-35-38-43-49-55-61-73(5)6/h72-76,81H,7-71H2,1-6H3,(H,86,87)(H,88,89)/t74-,75+,76+/m0/s1. The fourth-order valence-corrected chi connectivity index (χ4v) is 13.9. The maximum absolute atomic E-state index is 13.1. The number of unbranched alkanes of at least 4 members (excludes halogenated alkanes) is 49. The summed E-state index contributed by atoms with van der Waals surface area (Å²) in [5, 5.41) is 10.6. The van der Waals surface area contributed by atoms with Gasteiger partial charge in [0, 0.05) is 25.7 Å². The van der Waals surface area contributed by atoms with E-state index in [1.165, 1.54) is 231 Å². The van der Waals surface area contributed by atoms with Gasteiger partial charge in [-0.2, -0.15) is 0 Å². The number of carbonyl (C=O) groups is 4. The van der Waals surface area contributed by atoms with Crippen LogP contribution in [0.2, 0.25) is 0 Å². The number of aliphatic hydroxyl groups excluding tert-OH is 1. The lowest BCUT2D eigenvalue weighted by atomic mass is 10.0. The minimum Gasteiger partial charge on any atom is -0.462 e. The zero-order chi connectivity index (χ0) is 72.8. The Kier molecular flexibility index (Phi) is 70.3. The van der Waals surface area contributed by atoms with Crippen LogP contribution in [0, 0.1) is 11.8 Å². The smallest absolute Gasteiger partial charge is 0.462 e. The fraction of sp³-hybridized carbons (Fsp3) is 0.950. The summed E-state index contributed by atoms with van der Waals surface area (Å²) in [6.07, 6.45) is 61.2. The van der Waals surface area contributed by atoms with Crippen molar-refractivity contribution in [1.82, 2.24) is 0 Å². The number of phosphoric ester groups is 2. The Balaban J connectivity index is 5.19. The Bertz CT molecular complexity index is 1910. The molecule has 0 aromatic rings. The molecule has 0 saturated heterocycles. The van der Waals surface area contributed by atoms with Crippen LogP contribution in [0.3, 0.4) is 0 Å². The Morgan fingerprint density at radius 3 is 0.687 bits per heavy atom. The lowest BCUT2D eigenvalue weighted by Gasteiger charge is -2.21. The highest BCUT2D eigenvalue weighted by molar-refractivity contribution is 7.47. The van der Waals surface area contributed by atoms with Crippen molar-refractivity contribution in [3.05, 3.63) is 0 Å². The lowest BCUT2D eigenvalue weighted by Crippen LogP contribution is -2.30. The maximum atomic E-state index is 13.1. The SMILES string of the molecule is CCCCCCCCCCCCCCCCCCCC(=O)OC[C@H](COP(=O)(O)OC[C@@H](O)COP(=O)(O)OC[C@@H](COC(=O)CCCCCCCCCC)OC(=O)CCCCCCCCCCCCC(C)C)OC(=O)CCCCCCCCCCCCCCCCCCCCC(C)C. The number of esters is 4. The van der Waals surface area contributed by atoms with Gasteiger partial charge in [-0.3, -0.25) is 37.3 Å².